The summed E-state index contributed by atoms with van der Waals surface area (Å²) in [5, 5.41) is 11.1. The summed E-state index contributed by atoms with van der Waals surface area (Å²) in [6.45, 7) is 0.654. The van der Waals surface area contributed by atoms with Crippen molar-refractivity contribution < 1.29 is 18.1 Å². The molecule has 150 valence electrons. The van der Waals surface area contributed by atoms with Crippen molar-refractivity contribution in [2.45, 2.75) is 36.1 Å². The Kier molecular flexibility index (Phi) is 6.46. The van der Waals surface area contributed by atoms with Crippen LogP contribution >= 0.6 is 12.4 Å². The number of sulfonamides is 1. The zero-order chi connectivity index (χ0) is 18.9. The topological polar surface area (TPSA) is 127 Å². The summed E-state index contributed by atoms with van der Waals surface area (Å²) in [4.78, 5) is 24.3. The lowest BCUT2D eigenvalue weighted by atomic mass is 9.97. The van der Waals surface area contributed by atoms with Crippen LogP contribution in [-0.4, -0.2) is 60.2 Å². The molecule has 3 rings (SSSR count). The third-order valence-corrected chi connectivity index (χ3v) is 7.07. The summed E-state index contributed by atoms with van der Waals surface area (Å²) in [6, 6.07) is 5.29. The number of piperazine rings is 1. The smallest absolute Gasteiger partial charge is 0.289 e. The number of nitro benzene ring substituents is 1. The van der Waals surface area contributed by atoms with Crippen LogP contribution in [-0.2, 0) is 14.8 Å². The zero-order valence-electron chi connectivity index (χ0n) is 14.7. The first-order chi connectivity index (χ1) is 12.3. The maximum Gasteiger partial charge on any atom is 0.289 e. The van der Waals surface area contributed by atoms with Crippen molar-refractivity contribution in [1.29, 1.82) is 0 Å². The lowest BCUT2D eigenvalue weighted by Crippen LogP contribution is -2.59. The first-order valence-electron chi connectivity index (χ1n) is 8.57. The van der Waals surface area contributed by atoms with Crippen LogP contribution in [0.1, 0.15) is 25.7 Å². The monoisotopic (exact) mass is 418 g/mol. The van der Waals surface area contributed by atoms with Crippen LogP contribution in [0.2, 0.25) is 0 Å². The van der Waals surface area contributed by atoms with Gasteiger partial charge in [0.05, 0.1) is 10.5 Å². The second-order valence-corrected chi connectivity index (χ2v) is 8.69. The van der Waals surface area contributed by atoms with Crippen molar-refractivity contribution in [3.63, 3.8) is 0 Å². The van der Waals surface area contributed by atoms with Gasteiger partial charge in [0.1, 0.15) is 0 Å². The highest BCUT2D eigenvalue weighted by molar-refractivity contribution is 7.89. The third kappa shape index (κ3) is 4.08. The Labute approximate surface area is 164 Å². The molecule has 1 heterocycles. The fourth-order valence-electron chi connectivity index (χ4n) is 3.63. The summed E-state index contributed by atoms with van der Waals surface area (Å²) >= 11 is 0. The number of nitro groups is 1. The molecular formula is C16H23ClN4O5S. The Balaban J connectivity index is 0.00000261. The van der Waals surface area contributed by atoms with Gasteiger partial charge >= 0.3 is 0 Å². The highest BCUT2D eigenvalue weighted by Gasteiger charge is 2.42. The Morgan fingerprint density at radius 1 is 1.11 bits per heavy atom. The van der Waals surface area contributed by atoms with Gasteiger partial charge in [-0.25, -0.2) is 8.42 Å². The van der Waals surface area contributed by atoms with Gasteiger partial charge in [-0.3, -0.25) is 14.9 Å². The van der Waals surface area contributed by atoms with Crippen LogP contribution < -0.4 is 5.73 Å². The molecule has 2 N–H and O–H groups in total. The van der Waals surface area contributed by atoms with Crippen molar-refractivity contribution >= 4 is 34.0 Å². The van der Waals surface area contributed by atoms with E-state index < -0.39 is 26.2 Å². The maximum atomic E-state index is 12.8. The molecule has 11 heteroatoms. The molecule has 0 spiro atoms. The van der Waals surface area contributed by atoms with Crippen molar-refractivity contribution in [2.75, 3.05) is 26.2 Å². The van der Waals surface area contributed by atoms with Gasteiger partial charge in [0.15, 0.2) is 4.90 Å². The Morgan fingerprint density at radius 3 is 2.22 bits per heavy atom. The van der Waals surface area contributed by atoms with E-state index in [1.165, 1.54) is 28.6 Å². The molecule has 2 fully saturated rings. The van der Waals surface area contributed by atoms with E-state index in [4.69, 9.17) is 5.73 Å². The summed E-state index contributed by atoms with van der Waals surface area (Å²) < 4.78 is 26.8. The summed E-state index contributed by atoms with van der Waals surface area (Å²) in [7, 11) is -4.00. The number of nitrogens with zero attached hydrogens (tertiary/aromatic N) is 3. The highest BCUT2D eigenvalue weighted by Crippen LogP contribution is 2.30. The van der Waals surface area contributed by atoms with Gasteiger partial charge in [-0.05, 0) is 18.9 Å². The van der Waals surface area contributed by atoms with Crippen molar-refractivity contribution in [3.8, 4) is 0 Å². The van der Waals surface area contributed by atoms with E-state index in [1.807, 2.05) is 0 Å². The van der Waals surface area contributed by atoms with E-state index in [-0.39, 0.29) is 49.4 Å². The van der Waals surface area contributed by atoms with Crippen molar-refractivity contribution in [1.82, 2.24) is 9.21 Å². The Hall–Kier alpha value is -1.75. The van der Waals surface area contributed by atoms with E-state index in [9.17, 15) is 23.3 Å². The number of carbonyl (C=O) groups is 1. The van der Waals surface area contributed by atoms with E-state index in [0.717, 1.165) is 12.8 Å². The molecule has 1 aliphatic carbocycles. The van der Waals surface area contributed by atoms with Gasteiger partial charge in [0.2, 0.25) is 15.9 Å². The molecule has 1 aliphatic heterocycles. The second-order valence-electron chi connectivity index (χ2n) is 6.78. The van der Waals surface area contributed by atoms with Crippen LogP contribution in [0.15, 0.2) is 29.2 Å². The van der Waals surface area contributed by atoms with E-state index >= 15 is 0 Å². The average Bonchev–Trinajstić information content (AvgIpc) is 3.09. The molecule has 2 aliphatic rings. The van der Waals surface area contributed by atoms with Gasteiger partial charge < -0.3 is 10.6 Å². The van der Waals surface area contributed by atoms with Crippen molar-refractivity contribution in [3.05, 3.63) is 34.4 Å². The van der Waals surface area contributed by atoms with Crippen LogP contribution in [0.5, 0.6) is 0 Å². The molecule has 0 unspecified atom stereocenters. The Morgan fingerprint density at radius 2 is 1.67 bits per heavy atom. The first-order valence-corrected chi connectivity index (χ1v) is 10.0. The van der Waals surface area contributed by atoms with Crippen molar-refractivity contribution in [2.24, 2.45) is 5.73 Å². The SMILES string of the molecule is Cl.NC1(C(=O)N2CCN(S(=O)(=O)c3ccccc3[N+](=O)[O-])CC2)CCCC1. The predicted octanol–water partition coefficient (Wildman–Crippen LogP) is 1.12. The summed E-state index contributed by atoms with van der Waals surface area (Å²) in [5.41, 5.74) is 4.92. The zero-order valence-corrected chi connectivity index (χ0v) is 16.4. The van der Waals surface area contributed by atoms with Crippen LogP contribution in [0.3, 0.4) is 0 Å². The molecule has 27 heavy (non-hydrogen) atoms. The largest absolute Gasteiger partial charge is 0.338 e. The molecule has 0 aromatic heterocycles. The average molecular weight is 419 g/mol. The molecule has 1 saturated heterocycles. The lowest BCUT2D eigenvalue weighted by Gasteiger charge is -2.37. The fraction of sp³-hybridized carbons (Fsp3) is 0.562. The lowest BCUT2D eigenvalue weighted by molar-refractivity contribution is -0.387. The van der Waals surface area contributed by atoms with Gasteiger partial charge in [-0.2, -0.15) is 4.31 Å². The number of rotatable bonds is 4. The minimum Gasteiger partial charge on any atom is -0.338 e. The standard InChI is InChI=1S/C16H22N4O5S.ClH/c17-16(7-3-4-8-16)15(21)18-9-11-19(12-10-18)26(24,25)14-6-2-1-5-13(14)20(22)23;/h1-2,5-6H,3-4,7-12,17H2;1H. The predicted molar refractivity (Wildman–Crippen MR) is 101 cm³/mol. The number of hydrogen-bond donors (Lipinski definition) is 1. The van der Waals surface area contributed by atoms with Gasteiger partial charge in [0.25, 0.3) is 5.69 Å². The second kappa shape index (κ2) is 8.09. The van der Waals surface area contributed by atoms with Gasteiger partial charge in [0, 0.05) is 32.2 Å². The number of benzene rings is 1. The molecule has 1 amide bonds. The summed E-state index contributed by atoms with van der Waals surface area (Å²) in [6.07, 6.45) is 3.16. The molecule has 9 nitrogen and oxygen atoms in total. The van der Waals surface area contributed by atoms with E-state index in [2.05, 4.69) is 0 Å². The minimum atomic E-state index is -4.00. The van der Waals surface area contributed by atoms with E-state index in [0.29, 0.717) is 12.8 Å². The van der Waals surface area contributed by atoms with Gasteiger partial charge in [-0.1, -0.05) is 25.0 Å². The molecule has 0 atom stereocenters. The van der Waals surface area contributed by atoms with Crippen LogP contribution in [0.4, 0.5) is 5.69 Å². The van der Waals surface area contributed by atoms with Crippen LogP contribution in [0.25, 0.3) is 0 Å². The molecule has 0 radical (unpaired) electrons. The number of amides is 1. The van der Waals surface area contributed by atoms with Crippen LogP contribution in [0, 0.1) is 10.1 Å². The third-order valence-electron chi connectivity index (χ3n) is 5.13. The molecule has 1 saturated carbocycles. The number of nitrogens with two attached hydrogens (primary N) is 1. The Bertz CT molecular complexity index is 818. The minimum absolute atomic E-state index is 0. The normalized spacial score (nSPS) is 20.1. The summed E-state index contributed by atoms with van der Waals surface area (Å²) in [5.74, 6) is -0.127. The number of halogens is 1. The maximum absolute atomic E-state index is 12.8. The molecule has 0 bridgehead atoms. The molecular weight excluding hydrogens is 396 g/mol. The van der Waals surface area contributed by atoms with Gasteiger partial charge in [-0.15, -0.1) is 12.4 Å². The highest BCUT2D eigenvalue weighted by atomic mass is 35.5. The molecule has 1 aromatic carbocycles. The quantitative estimate of drug-likeness (QED) is 0.576. The fourth-order valence-corrected chi connectivity index (χ4v) is 5.21. The molecule has 1 aromatic rings. The number of hydrogen-bond acceptors (Lipinski definition) is 6. The number of para-hydroxylation sites is 1. The van der Waals surface area contributed by atoms with E-state index in [1.54, 1.807) is 4.90 Å². The first kappa shape index (κ1) is 21.5. The number of carbonyl (C=O) groups excluding carboxylic acids is 1.